The average molecular weight is 260 g/mol. The number of carbonyl (C=O) groups is 1. The summed E-state index contributed by atoms with van der Waals surface area (Å²) in [6.45, 7) is 1.37. The summed E-state index contributed by atoms with van der Waals surface area (Å²) in [6, 6.07) is 3.53. The van der Waals surface area contributed by atoms with Crippen molar-refractivity contribution in [2.45, 2.75) is 13.0 Å². The van der Waals surface area contributed by atoms with Crippen molar-refractivity contribution < 1.29 is 9.90 Å². The molecular formula is C13H12N2O2S. The fourth-order valence-electron chi connectivity index (χ4n) is 2.15. The molecule has 3 heterocycles. The Morgan fingerprint density at radius 3 is 3.17 bits per heavy atom. The minimum atomic E-state index is -0.0738. The van der Waals surface area contributed by atoms with Crippen LogP contribution in [0.3, 0.4) is 0 Å². The first-order valence-electron chi connectivity index (χ1n) is 5.72. The van der Waals surface area contributed by atoms with E-state index in [4.69, 9.17) is 0 Å². The van der Waals surface area contributed by atoms with E-state index in [1.54, 1.807) is 16.2 Å². The highest BCUT2D eigenvalue weighted by molar-refractivity contribution is 7.10. The number of aromatic nitrogens is 1. The molecule has 2 aromatic heterocycles. The number of thiophene rings is 1. The van der Waals surface area contributed by atoms with Crippen LogP contribution in [-0.2, 0) is 13.0 Å². The van der Waals surface area contributed by atoms with E-state index in [0.717, 1.165) is 13.0 Å². The van der Waals surface area contributed by atoms with Crippen molar-refractivity contribution in [3.8, 4) is 5.75 Å². The molecule has 0 saturated carbocycles. The Balaban J connectivity index is 1.83. The SMILES string of the molecule is O=C(c1cncc(O)c1)N1CCc2sccc2C1. The smallest absolute Gasteiger partial charge is 0.255 e. The van der Waals surface area contributed by atoms with Crippen LogP contribution >= 0.6 is 11.3 Å². The summed E-state index contributed by atoms with van der Waals surface area (Å²) in [7, 11) is 0. The van der Waals surface area contributed by atoms with Gasteiger partial charge in [-0.1, -0.05) is 0 Å². The lowest BCUT2D eigenvalue weighted by atomic mass is 10.1. The molecule has 3 rings (SSSR count). The third-order valence-electron chi connectivity index (χ3n) is 3.07. The summed E-state index contributed by atoms with van der Waals surface area (Å²) >= 11 is 1.75. The summed E-state index contributed by atoms with van der Waals surface area (Å²) in [5.41, 5.74) is 1.67. The maximum absolute atomic E-state index is 12.3. The second kappa shape index (κ2) is 4.42. The van der Waals surface area contributed by atoms with Gasteiger partial charge in [0.15, 0.2) is 0 Å². The van der Waals surface area contributed by atoms with Crippen LogP contribution in [0, 0.1) is 0 Å². The monoisotopic (exact) mass is 260 g/mol. The summed E-state index contributed by atoms with van der Waals surface area (Å²) < 4.78 is 0. The quantitative estimate of drug-likeness (QED) is 0.853. The van der Waals surface area contributed by atoms with Crippen LogP contribution in [0.2, 0.25) is 0 Å². The van der Waals surface area contributed by atoms with Crippen molar-refractivity contribution in [2.24, 2.45) is 0 Å². The normalized spacial score (nSPS) is 14.3. The first-order valence-corrected chi connectivity index (χ1v) is 6.60. The van der Waals surface area contributed by atoms with Crippen molar-refractivity contribution in [3.63, 3.8) is 0 Å². The number of nitrogens with zero attached hydrogens (tertiary/aromatic N) is 2. The molecule has 0 atom stereocenters. The van der Waals surface area contributed by atoms with E-state index in [1.165, 1.54) is 28.9 Å². The molecule has 0 unspecified atom stereocenters. The Morgan fingerprint density at radius 1 is 1.44 bits per heavy atom. The van der Waals surface area contributed by atoms with E-state index in [0.29, 0.717) is 12.1 Å². The molecule has 0 spiro atoms. The van der Waals surface area contributed by atoms with Crippen LogP contribution in [0.4, 0.5) is 0 Å². The molecule has 1 aliphatic rings. The summed E-state index contributed by atoms with van der Waals surface area (Å²) in [4.78, 5) is 19.3. The van der Waals surface area contributed by atoms with Gasteiger partial charge in [-0.25, -0.2) is 0 Å². The van der Waals surface area contributed by atoms with Gasteiger partial charge in [-0.2, -0.15) is 0 Å². The van der Waals surface area contributed by atoms with Crippen molar-refractivity contribution in [2.75, 3.05) is 6.54 Å². The lowest BCUT2D eigenvalue weighted by molar-refractivity contribution is 0.0735. The van der Waals surface area contributed by atoms with Gasteiger partial charge in [0.1, 0.15) is 5.75 Å². The number of pyridine rings is 1. The molecule has 0 bridgehead atoms. The Bertz CT molecular complexity index is 594. The molecule has 0 saturated heterocycles. The minimum absolute atomic E-state index is 0.0223. The van der Waals surface area contributed by atoms with Crippen LogP contribution in [0.15, 0.2) is 29.9 Å². The van der Waals surface area contributed by atoms with E-state index in [-0.39, 0.29) is 11.7 Å². The number of hydrogen-bond acceptors (Lipinski definition) is 4. The number of aromatic hydroxyl groups is 1. The fourth-order valence-corrected chi connectivity index (χ4v) is 3.04. The molecule has 0 radical (unpaired) electrons. The molecule has 5 heteroatoms. The number of amides is 1. The Labute approximate surface area is 109 Å². The molecule has 0 aliphatic carbocycles. The lowest BCUT2D eigenvalue weighted by Crippen LogP contribution is -2.35. The highest BCUT2D eigenvalue weighted by Crippen LogP contribution is 2.25. The molecular weight excluding hydrogens is 248 g/mol. The summed E-state index contributed by atoms with van der Waals surface area (Å²) in [6.07, 6.45) is 3.72. The zero-order valence-electron chi connectivity index (χ0n) is 9.67. The number of hydrogen-bond donors (Lipinski definition) is 1. The van der Waals surface area contributed by atoms with Crippen LogP contribution < -0.4 is 0 Å². The van der Waals surface area contributed by atoms with Gasteiger partial charge in [0.05, 0.1) is 11.8 Å². The minimum Gasteiger partial charge on any atom is -0.506 e. The van der Waals surface area contributed by atoms with Gasteiger partial charge in [-0.05, 0) is 29.5 Å². The van der Waals surface area contributed by atoms with E-state index in [9.17, 15) is 9.90 Å². The van der Waals surface area contributed by atoms with Crippen molar-refractivity contribution in [1.82, 2.24) is 9.88 Å². The zero-order chi connectivity index (χ0) is 12.5. The van der Waals surface area contributed by atoms with Crippen molar-refractivity contribution in [1.29, 1.82) is 0 Å². The van der Waals surface area contributed by atoms with Crippen LogP contribution in [-0.4, -0.2) is 27.4 Å². The highest BCUT2D eigenvalue weighted by atomic mass is 32.1. The van der Waals surface area contributed by atoms with Gasteiger partial charge >= 0.3 is 0 Å². The van der Waals surface area contributed by atoms with Gasteiger partial charge < -0.3 is 10.0 Å². The predicted octanol–water partition coefficient (Wildman–Crippen LogP) is 2.05. The lowest BCUT2D eigenvalue weighted by Gasteiger charge is -2.26. The molecule has 4 nitrogen and oxygen atoms in total. The third-order valence-corrected chi connectivity index (χ3v) is 4.09. The summed E-state index contributed by atoms with van der Waals surface area (Å²) in [5, 5.41) is 11.4. The first kappa shape index (κ1) is 11.2. The Hall–Kier alpha value is -1.88. The van der Waals surface area contributed by atoms with Gasteiger partial charge in [0.2, 0.25) is 0 Å². The standard InChI is InChI=1S/C13H12N2O2S/c16-11-5-10(6-14-7-11)13(17)15-3-1-12-9(8-15)2-4-18-12/h2,4-7,16H,1,3,8H2. The summed E-state index contributed by atoms with van der Waals surface area (Å²) in [5.74, 6) is -0.0515. The number of rotatable bonds is 1. The van der Waals surface area contributed by atoms with Crippen LogP contribution in [0.1, 0.15) is 20.8 Å². The topological polar surface area (TPSA) is 53.4 Å². The van der Waals surface area contributed by atoms with Crippen molar-refractivity contribution >= 4 is 17.2 Å². The zero-order valence-corrected chi connectivity index (χ0v) is 10.5. The third kappa shape index (κ3) is 1.97. The van der Waals surface area contributed by atoms with Gasteiger partial charge in [0.25, 0.3) is 5.91 Å². The van der Waals surface area contributed by atoms with E-state index >= 15 is 0 Å². The molecule has 2 aromatic rings. The van der Waals surface area contributed by atoms with E-state index in [1.807, 2.05) is 0 Å². The molecule has 92 valence electrons. The predicted molar refractivity (Wildman–Crippen MR) is 68.7 cm³/mol. The molecule has 18 heavy (non-hydrogen) atoms. The Morgan fingerprint density at radius 2 is 2.33 bits per heavy atom. The number of carbonyl (C=O) groups excluding carboxylic acids is 1. The van der Waals surface area contributed by atoms with E-state index < -0.39 is 0 Å². The van der Waals surface area contributed by atoms with Crippen LogP contribution in [0.25, 0.3) is 0 Å². The average Bonchev–Trinajstić information content (AvgIpc) is 2.85. The first-order chi connectivity index (χ1) is 8.74. The van der Waals surface area contributed by atoms with Gasteiger partial charge in [-0.15, -0.1) is 11.3 Å². The maximum Gasteiger partial charge on any atom is 0.255 e. The maximum atomic E-state index is 12.3. The largest absolute Gasteiger partial charge is 0.506 e. The molecule has 1 amide bonds. The molecule has 0 fully saturated rings. The number of fused-ring (bicyclic) bond motifs is 1. The van der Waals surface area contributed by atoms with E-state index in [2.05, 4.69) is 16.4 Å². The molecule has 1 aliphatic heterocycles. The molecule has 0 aromatic carbocycles. The van der Waals surface area contributed by atoms with Gasteiger partial charge in [0, 0.05) is 24.2 Å². The van der Waals surface area contributed by atoms with Gasteiger partial charge in [-0.3, -0.25) is 9.78 Å². The second-order valence-corrected chi connectivity index (χ2v) is 5.28. The highest BCUT2D eigenvalue weighted by Gasteiger charge is 2.22. The second-order valence-electron chi connectivity index (χ2n) is 4.28. The Kier molecular flexibility index (Phi) is 2.76. The van der Waals surface area contributed by atoms with Crippen molar-refractivity contribution in [3.05, 3.63) is 45.9 Å². The fraction of sp³-hybridized carbons (Fsp3) is 0.231. The van der Waals surface area contributed by atoms with Crippen LogP contribution in [0.5, 0.6) is 5.75 Å². The molecule has 1 N–H and O–H groups in total.